The van der Waals surface area contributed by atoms with Crippen molar-refractivity contribution in [3.63, 3.8) is 0 Å². The molecule has 5 nitrogen and oxygen atoms in total. The van der Waals surface area contributed by atoms with Gasteiger partial charge in [0.05, 0.1) is 11.0 Å². The Kier molecular flexibility index (Phi) is 5.66. The van der Waals surface area contributed by atoms with E-state index in [4.69, 9.17) is 0 Å². The van der Waals surface area contributed by atoms with Gasteiger partial charge in [0.2, 0.25) is 0 Å². The Morgan fingerprint density at radius 3 is 2.38 bits per heavy atom. The van der Waals surface area contributed by atoms with Crippen LogP contribution >= 0.6 is 0 Å². The normalized spacial score (nSPS) is 20.8. The van der Waals surface area contributed by atoms with Crippen LogP contribution in [0.4, 0.5) is 15.8 Å². The van der Waals surface area contributed by atoms with Crippen molar-refractivity contribution in [3.05, 3.63) is 34.1 Å². The minimum Gasteiger partial charge on any atom is -0.366 e. The molecule has 1 aromatic carbocycles. The van der Waals surface area contributed by atoms with Crippen molar-refractivity contribution in [2.45, 2.75) is 38.5 Å². The van der Waals surface area contributed by atoms with E-state index in [0.29, 0.717) is 11.6 Å². The fourth-order valence-electron chi connectivity index (χ4n) is 3.95. The number of benzene rings is 1. The van der Waals surface area contributed by atoms with Gasteiger partial charge in [0.15, 0.2) is 0 Å². The molecule has 1 aromatic rings. The van der Waals surface area contributed by atoms with Crippen LogP contribution < -0.4 is 4.90 Å². The van der Waals surface area contributed by atoms with Crippen LogP contribution in [0.15, 0.2) is 18.2 Å². The maximum atomic E-state index is 13.3. The van der Waals surface area contributed by atoms with Crippen LogP contribution in [0.1, 0.15) is 38.5 Å². The minimum absolute atomic E-state index is 0.124. The third-order valence-electron chi connectivity index (χ3n) is 5.30. The molecule has 0 spiro atoms. The van der Waals surface area contributed by atoms with Gasteiger partial charge in [-0.1, -0.05) is 12.8 Å². The van der Waals surface area contributed by atoms with Crippen molar-refractivity contribution in [3.8, 4) is 0 Å². The summed E-state index contributed by atoms with van der Waals surface area (Å²) in [6.45, 7) is 5.20. The van der Waals surface area contributed by atoms with E-state index in [0.717, 1.165) is 38.5 Å². The first-order valence-electron chi connectivity index (χ1n) is 9.05. The number of halogens is 1. The Hall–Kier alpha value is -1.69. The highest BCUT2D eigenvalue weighted by atomic mass is 19.1. The van der Waals surface area contributed by atoms with Crippen molar-refractivity contribution in [1.29, 1.82) is 0 Å². The molecule has 132 valence electrons. The molecule has 0 saturated carbocycles. The maximum absolute atomic E-state index is 13.3. The summed E-state index contributed by atoms with van der Waals surface area (Å²) in [5.41, 5.74) is 0.426. The zero-order valence-corrected chi connectivity index (χ0v) is 14.1. The molecule has 0 unspecified atom stereocenters. The molecule has 0 aliphatic carbocycles. The number of anilines is 1. The lowest BCUT2D eigenvalue weighted by Crippen LogP contribution is -2.39. The molecule has 0 aromatic heterocycles. The van der Waals surface area contributed by atoms with Crippen LogP contribution in [0.25, 0.3) is 0 Å². The Morgan fingerprint density at radius 2 is 1.75 bits per heavy atom. The van der Waals surface area contributed by atoms with Gasteiger partial charge >= 0.3 is 0 Å². The van der Waals surface area contributed by atoms with Crippen LogP contribution in [0, 0.1) is 21.8 Å². The summed E-state index contributed by atoms with van der Waals surface area (Å²) in [6, 6.07) is 3.88. The van der Waals surface area contributed by atoms with Crippen molar-refractivity contribution in [2.24, 2.45) is 5.92 Å². The number of rotatable bonds is 4. The molecule has 0 N–H and O–H groups in total. The molecule has 2 saturated heterocycles. The molecule has 0 radical (unpaired) electrons. The van der Waals surface area contributed by atoms with Crippen molar-refractivity contribution in [1.82, 2.24) is 4.90 Å². The number of nitrogens with zero attached hydrogens (tertiary/aromatic N) is 3. The Balaban J connectivity index is 1.58. The van der Waals surface area contributed by atoms with Gasteiger partial charge < -0.3 is 9.80 Å². The van der Waals surface area contributed by atoms with Gasteiger partial charge in [-0.05, 0) is 56.8 Å². The van der Waals surface area contributed by atoms with Crippen molar-refractivity contribution in [2.75, 3.05) is 37.6 Å². The summed E-state index contributed by atoms with van der Waals surface area (Å²) in [5, 5.41) is 11.2. The van der Waals surface area contributed by atoms with Gasteiger partial charge in [-0.2, -0.15) is 0 Å². The van der Waals surface area contributed by atoms with Gasteiger partial charge in [-0.3, -0.25) is 10.1 Å². The summed E-state index contributed by atoms with van der Waals surface area (Å²) in [6.07, 6.45) is 7.41. The van der Waals surface area contributed by atoms with Gasteiger partial charge in [0, 0.05) is 19.6 Å². The molecule has 2 aliphatic rings. The number of piperidine rings is 1. The van der Waals surface area contributed by atoms with E-state index in [9.17, 15) is 14.5 Å². The highest BCUT2D eigenvalue weighted by Gasteiger charge is 2.26. The van der Waals surface area contributed by atoms with Crippen LogP contribution in [-0.4, -0.2) is 42.5 Å². The van der Waals surface area contributed by atoms with E-state index in [1.54, 1.807) is 6.07 Å². The minimum atomic E-state index is -0.554. The topological polar surface area (TPSA) is 49.6 Å². The van der Waals surface area contributed by atoms with E-state index in [2.05, 4.69) is 4.90 Å². The molecule has 0 amide bonds. The second-order valence-electron chi connectivity index (χ2n) is 7.04. The van der Waals surface area contributed by atoms with Crippen LogP contribution in [0.2, 0.25) is 0 Å². The molecular formula is C18H26FN3O2. The van der Waals surface area contributed by atoms with Crippen LogP contribution in [0.5, 0.6) is 0 Å². The Morgan fingerprint density at radius 1 is 1.08 bits per heavy atom. The first kappa shape index (κ1) is 17.1. The van der Waals surface area contributed by atoms with Crippen LogP contribution in [0.3, 0.4) is 0 Å². The van der Waals surface area contributed by atoms with Crippen molar-refractivity contribution < 1.29 is 9.31 Å². The number of hydrogen-bond donors (Lipinski definition) is 0. The van der Waals surface area contributed by atoms with E-state index in [-0.39, 0.29) is 5.69 Å². The first-order valence-corrected chi connectivity index (χ1v) is 9.05. The van der Waals surface area contributed by atoms with E-state index >= 15 is 0 Å². The Bertz CT molecular complexity index is 565. The van der Waals surface area contributed by atoms with Crippen LogP contribution in [-0.2, 0) is 0 Å². The number of nitro benzene ring substituents is 1. The summed E-state index contributed by atoms with van der Waals surface area (Å²) < 4.78 is 13.3. The third kappa shape index (κ3) is 4.23. The standard InChI is InChI=1S/C18H26FN3O2/c19-16-5-6-17(18(13-16)22(23)24)21-11-7-15(8-12-21)14-20-9-3-1-2-4-10-20/h5-6,13,15H,1-4,7-12,14H2. The summed E-state index contributed by atoms with van der Waals surface area (Å²) in [5.74, 6) is 0.111. The number of nitro groups is 1. The third-order valence-corrected chi connectivity index (χ3v) is 5.30. The first-order chi connectivity index (χ1) is 11.6. The molecule has 2 heterocycles. The second kappa shape index (κ2) is 7.92. The summed E-state index contributed by atoms with van der Waals surface area (Å²) >= 11 is 0. The predicted octanol–water partition coefficient (Wildman–Crippen LogP) is 3.83. The van der Waals surface area contributed by atoms with Gasteiger partial charge in [0.1, 0.15) is 11.5 Å². The fraction of sp³-hybridized carbons (Fsp3) is 0.667. The lowest BCUT2D eigenvalue weighted by molar-refractivity contribution is -0.384. The largest absolute Gasteiger partial charge is 0.366 e. The summed E-state index contributed by atoms with van der Waals surface area (Å²) in [7, 11) is 0. The molecule has 2 fully saturated rings. The fourth-order valence-corrected chi connectivity index (χ4v) is 3.95. The summed E-state index contributed by atoms with van der Waals surface area (Å²) in [4.78, 5) is 15.3. The average Bonchev–Trinajstić information content (AvgIpc) is 2.84. The average molecular weight is 335 g/mol. The monoisotopic (exact) mass is 335 g/mol. The molecular weight excluding hydrogens is 309 g/mol. The van der Waals surface area contributed by atoms with Gasteiger partial charge in [-0.15, -0.1) is 0 Å². The predicted molar refractivity (Wildman–Crippen MR) is 92.9 cm³/mol. The zero-order valence-electron chi connectivity index (χ0n) is 14.1. The lowest BCUT2D eigenvalue weighted by atomic mass is 9.95. The smallest absolute Gasteiger partial charge is 0.295 e. The molecule has 0 bridgehead atoms. The molecule has 0 atom stereocenters. The van der Waals surface area contributed by atoms with E-state index < -0.39 is 10.7 Å². The second-order valence-corrected chi connectivity index (χ2v) is 7.04. The molecule has 6 heteroatoms. The molecule has 3 rings (SSSR count). The highest BCUT2D eigenvalue weighted by molar-refractivity contribution is 5.63. The highest BCUT2D eigenvalue weighted by Crippen LogP contribution is 2.32. The Labute approximate surface area is 142 Å². The van der Waals surface area contributed by atoms with Crippen molar-refractivity contribution >= 4 is 11.4 Å². The maximum Gasteiger partial charge on any atom is 0.295 e. The lowest BCUT2D eigenvalue weighted by Gasteiger charge is -2.35. The molecule has 24 heavy (non-hydrogen) atoms. The number of likely N-dealkylation sites (tertiary alicyclic amines) is 1. The molecule has 2 aliphatic heterocycles. The number of hydrogen-bond acceptors (Lipinski definition) is 4. The van der Waals surface area contributed by atoms with Gasteiger partial charge in [-0.25, -0.2) is 4.39 Å². The SMILES string of the molecule is O=[N+]([O-])c1cc(F)ccc1N1CCC(CN2CCCCCC2)CC1. The van der Waals surface area contributed by atoms with Gasteiger partial charge in [0.25, 0.3) is 5.69 Å². The van der Waals surface area contributed by atoms with E-state index in [1.165, 1.54) is 44.8 Å². The van der Waals surface area contributed by atoms with E-state index in [1.807, 2.05) is 4.90 Å². The zero-order chi connectivity index (χ0) is 16.9. The quantitative estimate of drug-likeness (QED) is 0.620.